The molecule has 0 aliphatic carbocycles. The van der Waals surface area contributed by atoms with Gasteiger partial charge in [0.2, 0.25) is 0 Å². The molecule has 0 aromatic heterocycles. The second-order valence-corrected chi connectivity index (χ2v) is 10.1. The molecule has 0 bridgehead atoms. The van der Waals surface area contributed by atoms with Crippen LogP contribution >= 0.6 is 0 Å². The summed E-state index contributed by atoms with van der Waals surface area (Å²) in [6.45, 7) is 12.1. The highest BCUT2D eigenvalue weighted by molar-refractivity contribution is 5.82. The molecule has 222 valence electrons. The molecule has 2 rings (SSSR count). The Kier molecular flexibility index (Phi) is 11.1. The van der Waals surface area contributed by atoms with Crippen LogP contribution in [-0.2, 0) is 38.1 Å². The van der Waals surface area contributed by atoms with E-state index in [1.54, 1.807) is 26.1 Å². The number of piperazine rings is 1. The Morgan fingerprint density at radius 1 is 1.00 bits per heavy atom. The number of hydrogen-bond donors (Lipinski definition) is 1. The molecule has 0 radical (unpaired) electrons. The molecule has 0 aromatic rings. The summed E-state index contributed by atoms with van der Waals surface area (Å²) >= 11 is 0. The predicted octanol–water partition coefficient (Wildman–Crippen LogP) is 1.38. The number of nitrogens with zero attached hydrogens (tertiary/aromatic N) is 2. The highest BCUT2D eigenvalue weighted by Gasteiger charge is 2.53. The molecule has 2 amide bonds. The van der Waals surface area contributed by atoms with Gasteiger partial charge in [0.25, 0.3) is 0 Å². The molecule has 12 nitrogen and oxygen atoms in total. The van der Waals surface area contributed by atoms with Gasteiger partial charge in [-0.1, -0.05) is 6.08 Å². The smallest absolute Gasteiger partial charge is 0.456 e. The van der Waals surface area contributed by atoms with Crippen LogP contribution in [0.25, 0.3) is 0 Å². The maximum absolute atomic E-state index is 13.1. The van der Waals surface area contributed by atoms with Gasteiger partial charge in [0.05, 0.1) is 6.61 Å². The van der Waals surface area contributed by atoms with Crippen LogP contribution in [0.1, 0.15) is 34.6 Å². The highest BCUT2D eigenvalue weighted by Crippen LogP contribution is 2.29. The number of hydrogen-bond acceptors (Lipinski definition) is 10. The number of amides is 2. The van der Waals surface area contributed by atoms with Crippen molar-refractivity contribution in [2.45, 2.75) is 77.0 Å². The number of alkyl halides is 3. The number of carbonyl (C=O) groups is 4. The van der Waals surface area contributed by atoms with Gasteiger partial charge in [0, 0.05) is 46.6 Å². The average Bonchev–Trinajstić information content (AvgIpc) is 2.79. The number of ether oxygens (including phenoxy) is 5. The third kappa shape index (κ3) is 9.97. The van der Waals surface area contributed by atoms with Gasteiger partial charge in [-0.3, -0.25) is 19.3 Å². The largest absolute Gasteiger partial charge is 0.471 e. The first-order chi connectivity index (χ1) is 18.0. The van der Waals surface area contributed by atoms with Crippen molar-refractivity contribution in [1.82, 2.24) is 15.1 Å². The van der Waals surface area contributed by atoms with Crippen molar-refractivity contribution in [2.24, 2.45) is 0 Å². The molecule has 5 atom stereocenters. The van der Waals surface area contributed by atoms with E-state index < -0.39 is 66.4 Å². The summed E-state index contributed by atoms with van der Waals surface area (Å²) in [5, 5.41) is 1.75. The molecule has 1 N–H and O–H groups in total. The van der Waals surface area contributed by atoms with Crippen LogP contribution in [0, 0.1) is 0 Å². The molecule has 15 heteroatoms. The normalized spacial score (nSPS) is 26.4. The van der Waals surface area contributed by atoms with Gasteiger partial charge in [-0.25, -0.2) is 4.79 Å². The molecule has 2 fully saturated rings. The maximum atomic E-state index is 13.1. The van der Waals surface area contributed by atoms with E-state index >= 15 is 0 Å². The van der Waals surface area contributed by atoms with Crippen LogP contribution in [-0.4, -0.2) is 115 Å². The van der Waals surface area contributed by atoms with Gasteiger partial charge < -0.3 is 33.9 Å². The van der Waals surface area contributed by atoms with E-state index in [4.69, 9.17) is 23.7 Å². The molecule has 0 unspecified atom stereocenters. The van der Waals surface area contributed by atoms with Crippen LogP contribution in [0.4, 0.5) is 18.0 Å². The van der Waals surface area contributed by atoms with Crippen LogP contribution in [0.5, 0.6) is 0 Å². The molecule has 2 heterocycles. The fraction of sp³-hybridized carbons (Fsp3) is 0.750. The Morgan fingerprint density at radius 3 is 2.05 bits per heavy atom. The van der Waals surface area contributed by atoms with Gasteiger partial charge >= 0.3 is 30.1 Å². The van der Waals surface area contributed by atoms with Crippen LogP contribution < -0.4 is 5.32 Å². The van der Waals surface area contributed by atoms with E-state index in [9.17, 15) is 32.3 Å². The molecule has 2 aliphatic heterocycles. The Morgan fingerprint density at radius 2 is 1.56 bits per heavy atom. The minimum atomic E-state index is -5.26. The van der Waals surface area contributed by atoms with Crippen molar-refractivity contribution in [3.8, 4) is 0 Å². The molecule has 39 heavy (non-hydrogen) atoms. The Labute approximate surface area is 224 Å². The quantitative estimate of drug-likeness (QED) is 0.261. The van der Waals surface area contributed by atoms with E-state index in [2.05, 4.69) is 6.58 Å². The zero-order valence-electron chi connectivity index (χ0n) is 22.6. The summed E-state index contributed by atoms with van der Waals surface area (Å²) in [5.41, 5.74) is -0.661. The van der Waals surface area contributed by atoms with Crippen molar-refractivity contribution in [3.05, 3.63) is 12.7 Å². The van der Waals surface area contributed by atoms with Gasteiger partial charge in [-0.2, -0.15) is 13.2 Å². The van der Waals surface area contributed by atoms with Gasteiger partial charge in [0.1, 0.15) is 17.7 Å². The molecule has 2 aliphatic rings. The molecular weight excluding hydrogens is 531 g/mol. The van der Waals surface area contributed by atoms with E-state index in [0.29, 0.717) is 26.2 Å². The number of rotatable bonds is 8. The zero-order chi connectivity index (χ0) is 29.5. The van der Waals surface area contributed by atoms with Crippen LogP contribution in [0.15, 0.2) is 12.7 Å². The lowest BCUT2D eigenvalue weighted by atomic mass is 9.95. The Balaban J connectivity index is 2.28. The summed E-state index contributed by atoms with van der Waals surface area (Å²) in [7, 11) is 0. The minimum absolute atomic E-state index is 0.0752. The second-order valence-electron chi connectivity index (χ2n) is 10.1. The summed E-state index contributed by atoms with van der Waals surface area (Å²) in [6, 6.07) is -1.67. The van der Waals surface area contributed by atoms with Gasteiger partial charge in [-0.05, 0) is 20.8 Å². The Bertz CT molecular complexity index is 902. The average molecular weight is 568 g/mol. The minimum Gasteiger partial charge on any atom is -0.456 e. The first-order valence-corrected chi connectivity index (χ1v) is 12.3. The molecular formula is C24H36F3N3O9. The lowest BCUT2D eigenvalue weighted by Crippen LogP contribution is -2.68. The fourth-order valence-corrected chi connectivity index (χ4v) is 4.10. The zero-order valence-corrected chi connectivity index (χ0v) is 22.6. The molecule has 2 saturated heterocycles. The fourth-order valence-electron chi connectivity index (χ4n) is 4.10. The first-order valence-electron chi connectivity index (χ1n) is 12.3. The molecule has 0 spiro atoms. The van der Waals surface area contributed by atoms with Crippen LogP contribution in [0.3, 0.4) is 0 Å². The van der Waals surface area contributed by atoms with Crippen molar-refractivity contribution >= 4 is 23.9 Å². The topological polar surface area (TPSA) is 133 Å². The highest BCUT2D eigenvalue weighted by atomic mass is 19.4. The van der Waals surface area contributed by atoms with Crippen LogP contribution in [0.2, 0.25) is 0 Å². The summed E-state index contributed by atoms with van der Waals surface area (Å²) in [4.78, 5) is 51.5. The summed E-state index contributed by atoms with van der Waals surface area (Å²) < 4.78 is 66.7. The van der Waals surface area contributed by atoms with Crippen molar-refractivity contribution in [2.75, 3.05) is 39.3 Å². The van der Waals surface area contributed by atoms with Gasteiger partial charge in [-0.15, -0.1) is 6.58 Å². The lowest BCUT2D eigenvalue weighted by Gasteiger charge is -2.47. The second kappa shape index (κ2) is 13.4. The third-order valence-electron chi connectivity index (χ3n) is 5.65. The molecule has 0 saturated carbocycles. The van der Waals surface area contributed by atoms with E-state index in [-0.39, 0.29) is 13.2 Å². The number of esters is 2. The summed E-state index contributed by atoms with van der Waals surface area (Å²) in [6.07, 6.45) is -9.93. The standard InChI is InChI=1S/C24H36F3N3O9/c1-7-12-35-20-17(28-21(33)24(25,26)27)19(37-15(3)32)18(36-14(2)31)16(38-20)13-29-8-10-30(11-9-29)22(34)39-23(4,5)6/h7,16-20H,1,8-13H2,2-6H3,(H,28,33)/t16-,17-,18-,19-,20-/m1/s1. The first kappa shape index (κ1) is 32.3. The summed E-state index contributed by atoms with van der Waals surface area (Å²) in [5.74, 6) is -4.02. The van der Waals surface area contributed by atoms with Crippen molar-refractivity contribution < 1.29 is 56.0 Å². The SMILES string of the molecule is C=CCO[C@@H]1O[C@H](CN2CCN(C(=O)OC(C)(C)C)CC2)[C@@H](OC(C)=O)[C@H](OC(C)=O)[C@H]1NC(=O)C(F)(F)F. The maximum Gasteiger partial charge on any atom is 0.471 e. The van der Waals surface area contributed by atoms with E-state index in [1.165, 1.54) is 11.0 Å². The van der Waals surface area contributed by atoms with Crippen molar-refractivity contribution in [1.29, 1.82) is 0 Å². The van der Waals surface area contributed by atoms with Crippen molar-refractivity contribution in [3.63, 3.8) is 0 Å². The van der Waals surface area contributed by atoms with E-state index in [0.717, 1.165) is 13.8 Å². The monoisotopic (exact) mass is 567 g/mol. The van der Waals surface area contributed by atoms with E-state index in [1.807, 2.05) is 4.90 Å². The number of carbonyl (C=O) groups excluding carboxylic acids is 4. The predicted molar refractivity (Wildman–Crippen MR) is 128 cm³/mol. The molecule has 0 aromatic carbocycles. The lowest BCUT2D eigenvalue weighted by molar-refractivity contribution is -0.273. The Hall–Kier alpha value is -2.91. The third-order valence-corrected chi connectivity index (χ3v) is 5.65. The van der Waals surface area contributed by atoms with Gasteiger partial charge in [0.15, 0.2) is 18.5 Å². The number of halogens is 3. The number of nitrogens with one attached hydrogen (secondary N) is 1.